The lowest BCUT2D eigenvalue weighted by molar-refractivity contribution is -0.130. The second kappa shape index (κ2) is 11.1. The molecule has 3 aromatic carbocycles. The van der Waals surface area contributed by atoms with E-state index >= 15 is 0 Å². The summed E-state index contributed by atoms with van der Waals surface area (Å²) in [7, 11) is 1.63. The van der Waals surface area contributed by atoms with Crippen molar-refractivity contribution in [2.45, 2.75) is 18.1 Å². The molecule has 0 radical (unpaired) electrons. The average Bonchev–Trinajstić information content (AvgIpc) is 3.79. The fourth-order valence-corrected chi connectivity index (χ4v) is 6.96. The number of hydrogen-bond donors (Lipinski definition) is 0. The van der Waals surface area contributed by atoms with Crippen LogP contribution in [0.15, 0.2) is 72.8 Å². The van der Waals surface area contributed by atoms with E-state index in [9.17, 15) is 9.59 Å². The third kappa shape index (κ3) is 4.75. The van der Waals surface area contributed by atoms with Gasteiger partial charge >= 0.3 is 0 Å². The zero-order valence-corrected chi connectivity index (χ0v) is 24.0. The van der Waals surface area contributed by atoms with Crippen LogP contribution in [0, 0.1) is 0 Å². The second-order valence-electron chi connectivity index (χ2n) is 10.4. The lowest BCUT2D eigenvalue weighted by Gasteiger charge is -2.25. The van der Waals surface area contributed by atoms with Crippen LogP contribution in [0.1, 0.15) is 29.2 Å². The highest BCUT2D eigenvalue weighted by atomic mass is 32.2. The predicted octanol–water partition coefficient (Wildman–Crippen LogP) is 5.07. The Hall–Kier alpha value is -4.44. The van der Waals surface area contributed by atoms with E-state index < -0.39 is 0 Å². The van der Waals surface area contributed by atoms with Crippen molar-refractivity contribution < 1.29 is 23.8 Å². The maximum absolute atomic E-state index is 13.9. The molecule has 3 aliphatic heterocycles. The number of anilines is 1. The molecule has 1 fully saturated rings. The van der Waals surface area contributed by atoms with Crippen LogP contribution < -0.4 is 19.1 Å². The van der Waals surface area contributed by atoms with Gasteiger partial charge in [0.15, 0.2) is 11.5 Å². The Kier molecular flexibility index (Phi) is 6.99. The highest BCUT2D eigenvalue weighted by Crippen LogP contribution is 2.50. The number of ether oxygens (including phenoxy) is 3. The van der Waals surface area contributed by atoms with E-state index in [-0.39, 0.29) is 36.2 Å². The summed E-state index contributed by atoms with van der Waals surface area (Å²) in [6.07, 6.45) is 1.96. The molecular formula is C32H30N4O5S. The van der Waals surface area contributed by atoms with Gasteiger partial charge < -0.3 is 19.1 Å². The lowest BCUT2D eigenvalue weighted by Crippen LogP contribution is -2.43. The summed E-state index contributed by atoms with van der Waals surface area (Å²) in [5.41, 5.74) is 4.29. The Morgan fingerprint density at radius 2 is 1.76 bits per heavy atom. The molecule has 0 spiro atoms. The molecule has 2 amide bonds. The summed E-state index contributed by atoms with van der Waals surface area (Å²) in [4.78, 5) is 31.0. The van der Waals surface area contributed by atoms with Gasteiger partial charge in [-0.1, -0.05) is 36.4 Å². The maximum Gasteiger partial charge on any atom is 0.242 e. The number of amides is 2. The minimum atomic E-state index is -0.257. The van der Waals surface area contributed by atoms with Crippen LogP contribution in [0.5, 0.6) is 17.2 Å². The van der Waals surface area contributed by atoms with Crippen molar-refractivity contribution in [1.29, 1.82) is 0 Å². The highest BCUT2D eigenvalue weighted by Gasteiger charge is 2.39. The molecule has 10 heteroatoms. The van der Waals surface area contributed by atoms with Crippen molar-refractivity contribution in [3.63, 3.8) is 0 Å². The van der Waals surface area contributed by atoms with Crippen LogP contribution in [-0.4, -0.2) is 65.8 Å². The van der Waals surface area contributed by atoms with E-state index in [0.717, 1.165) is 54.0 Å². The molecule has 3 aliphatic rings. The minimum absolute atomic E-state index is 0.0453. The number of aromatic nitrogens is 2. The van der Waals surface area contributed by atoms with Crippen LogP contribution >= 0.6 is 11.8 Å². The van der Waals surface area contributed by atoms with Gasteiger partial charge in [-0.15, -0.1) is 11.8 Å². The molecule has 7 rings (SSSR count). The average molecular weight is 583 g/mol. The fourth-order valence-electron chi connectivity index (χ4n) is 5.77. The first-order valence-corrected chi connectivity index (χ1v) is 15.1. The van der Waals surface area contributed by atoms with Crippen molar-refractivity contribution in [2.75, 3.05) is 44.2 Å². The molecule has 4 aromatic rings. The van der Waals surface area contributed by atoms with Gasteiger partial charge in [0, 0.05) is 24.2 Å². The topological polar surface area (TPSA) is 86.1 Å². The number of likely N-dealkylation sites (tertiary alicyclic amines) is 1. The Bertz CT molecular complexity index is 1630. The number of nitrogens with zero attached hydrogens (tertiary/aromatic N) is 4. The predicted molar refractivity (Wildman–Crippen MR) is 161 cm³/mol. The molecule has 0 saturated carbocycles. The Labute approximate surface area is 248 Å². The van der Waals surface area contributed by atoms with Gasteiger partial charge in [0.25, 0.3) is 0 Å². The summed E-state index contributed by atoms with van der Waals surface area (Å²) >= 11 is 1.53. The Morgan fingerprint density at radius 3 is 2.52 bits per heavy atom. The number of rotatable bonds is 6. The number of benzene rings is 3. The SMILES string of the molecule is COc1ccc(-n2nc(-c3ccccc3)c3c2N(CC(=O)N2CCCC2)C(=O)CSC3c2ccc3c(c2)OCO3)cc1. The molecule has 42 heavy (non-hydrogen) atoms. The van der Waals surface area contributed by atoms with Crippen LogP contribution in [0.2, 0.25) is 0 Å². The van der Waals surface area contributed by atoms with Gasteiger partial charge in [-0.25, -0.2) is 4.68 Å². The minimum Gasteiger partial charge on any atom is -0.497 e. The first kappa shape index (κ1) is 26.5. The van der Waals surface area contributed by atoms with E-state index in [1.165, 1.54) is 11.8 Å². The lowest BCUT2D eigenvalue weighted by atomic mass is 9.99. The number of methoxy groups -OCH3 is 1. The molecule has 1 aromatic heterocycles. The first-order chi connectivity index (χ1) is 20.6. The molecule has 0 aliphatic carbocycles. The summed E-state index contributed by atoms with van der Waals surface area (Å²) in [6, 6.07) is 23.5. The Balaban J connectivity index is 1.45. The van der Waals surface area contributed by atoms with E-state index in [2.05, 4.69) is 0 Å². The van der Waals surface area contributed by atoms with Crippen LogP contribution in [0.4, 0.5) is 5.82 Å². The van der Waals surface area contributed by atoms with Gasteiger partial charge in [-0.2, -0.15) is 5.10 Å². The van der Waals surface area contributed by atoms with Crippen molar-refractivity contribution >= 4 is 29.4 Å². The quantitative estimate of drug-likeness (QED) is 0.314. The van der Waals surface area contributed by atoms with Crippen molar-refractivity contribution in [3.05, 3.63) is 83.9 Å². The largest absolute Gasteiger partial charge is 0.497 e. The van der Waals surface area contributed by atoms with Crippen LogP contribution in [0.25, 0.3) is 16.9 Å². The molecule has 4 heterocycles. The monoisotopic (exact) mass is 582 g/mol. The molecule has 0 N–H and O–H groups in total. The van der Waals surface area contributed by atoms with E-state index in [1.54, 1.807) is 16.7 Å². The molecular weight excluding hydrogens is 552 g/mol. The van der Waals surface area contributed by atoms with Gasteiger partial charge in [0.05, 0.1) is 29.5 Å². The number of carbonyl (C=O) groups is 2. The Morgan fingerprint density at radius 1 is 1.00 bits per heavy atom. The third-order valence-electron chi connectivity index (χ3n) is 7.90. The molecule has 0 bridgehead atoms. The summed E-state index contributed by atoms with van der Waals surface area (Å²) in [5.74, 6) is 2.71. The molecule has 214 valence electrons. The maximum atomic E-state index is 13.9. The molecule has 1 saturated heterocycles. The zero-order valence-electron chi connectivity index (χ0n) is 23.2. The van der Waals surface area contributed by atoms with Gasteiger partial charge in [-0.3, -0.25) is 14.5 Å². The normalized spacial score (nSPS) is 17.7. The third-order valence-corrected chi connectivity index (χ3v) is 9.16. The number of fused-ring (bicyclic) bond motifs is 2. The van der Waals surface area contributed by atoms with E-state index in [1.807, 2.05) is 77.7 Å². The molecule has 1 unspecified atom stereocenters. The first-order valence-electron chi connectivity index (χ1n) is 14.0. The van der Waals surface area contributed by atoms with E-state index in [0.29, 0.717) is 23.1 Å². The van der Waals surface area contributed by atoms with Crippen LogP contribution in [-0.2, 0) is 9.59 Å². The number of thioether (sulfide) groups is 1. The smallest absolute Gasteiger partial charge is 0.242 e. The van der Waals surface area contributed by atoms with Crippen LogP contribution in [0.3, 0.4) is 0 Å². The summed E-state index contributed by atoms with van der Waals surface area (Å²) < 4.78 is 18.5. The molecule has 1 atom stereocenters. The van der Waals surface area contributed by atoms with E-state index in [4.69, 9.17) is 19.3 Å². The summed E-state index contributed by atoms with van der Waals surface area (Å²) in [6.45, 7) is 1.57. The van der Waals surface area contributed by atoms with Gasteiger partial charge in [-0.05, 0) is 54.8 Å². The second-order valence-corrected chi connectivity index (χ2v) is 11.5. The van der Waals surface area contributed by atoms with Crippen molar-refractivity contribution in [2.24, 2.45) is 0 Å². The number of hydrogen-bond acceptors (Lipinski definition) is 7. The fraction of sp³-hybridized carbons (Fsp3) is 0.281. The highest BCUT2D eigenvalue weighted by molar-refractivity contribution is 8.00. The van der Waals surface area contributed by atoms with Crippen molar-refractivity contribution in [1.82, 2.24) is 14.7 Å². The van der Waals surface area contributed by atoms with Gasteiger partial charge in [0.1, 0.15) is 18.1 Å². The standard InChI is InChI=1S/C32H30N4O5S/c1-39-24-12-10-23(11-13-24)36-32-29(30(33-36)21-7-3-2-4-8-21)31(22-9-14-25-26(17-22)41-20-40-25)42-19-28(38)35(32)18-27(37)34-15-5-6-16-34/h2-4,7-14,17,31H,5-6,15-16,18-20H2,1H3. The zero-order chi connectivity index (χ0) is 28.6. The molecule has 9 nitrogen and oxygen atoms in total. The van der Waals surface area contributed by atoms with Crippen molar-refractivity contribution in [3.8, 4) is 34.2 Å². The number of carbonyl (C=O) groups excluding carboxylic acids is 2. The summed E-state index contributed by atoms with van der Waals surface area (Å²) in [5, 5.41) is 4.90. The van der Waals surface area contributed by atoms with Gasteiger partial charge in [0.2, 0.25) is 18.6 Å².